The molecule has 1 aromatic carbocycles. The molecule has 0 aliphatic carbocycles. The normalized spacial score (nSPS) is 12.8. The van der Waals surface area contributed by atoms with Gasteiger partial charge in [-0.3, -0.25) is 4.98 Å². The van der Waals surface area contributed by atoms with Crippen molar-refractivity contribution in [3.8, 4) is 0 Å². The van der Waals surface area contributed by atoms with Gasteiger partial charge in [-0.1, -0.05) is 12.1 Å². The number of aliphatic hydroxyl groups is 1. The third-order valence-electron chi connectivity index (χ3n) is 4.11. The Morgan fingerprint density at radius 3 is 2.67 bits per heavy atom. The average Bonchev–Trinajstić information content (AvgIpc) is 2.92. The largest absolute Gasteiger partial charge is 0.385 e. The molecule has 0 aliphatic heterocycles. The van der Waals surface area contributed by atoms with E-state index in [1.165, 1.54) is 11.1 Å². The predicted molar refractivity (Wildman–Crippen MR) is 83.2 cm³/mol. The molecule has 2 N–H and O–H groups in total. The van der Waals surface area contributed by atoms with E-state index in [4.69, 9.17) is 0 Å². The van der Waals surface area contributed by atoms with E-state index in [1.807, 2.05) is 30.5 Å². The first-order chi connectivity index (χ1) is 10.1. The van der Waals surface area contributed by atoms with Crippen LogP contribution in [-0.2, 0) is 6.42 Å². The van der Waals surface area contributed by atoms with Gasteiger partial charge in [-0.2, -0.15) is 0 Å². The number of rotatable bonds is 3. The van der Waals surface area contributed by atoms with E-state index in [0.717, 1.165) is 22.3 Å². The van der Waals surface area contributed by atoms with Crippen molar-refractivity contribution in [2.24, 2.45) is 0 Å². The fraction of sp³-hybridized carbons (Fsp3) is 0.294. The SMILES string of the molecule is Cc1cnc(CC(O)c2nc3ccccc3[nH]2)c(C)c1C. The standard InChI is InChI=1S/C17H19N3O/c1-10-9-18-15(12(3)11(10)2)8-16(21)17-19-13-6-4-5-7-14(13)20-17/h4-7,9,16,21H,8H2,1-3H3,(H,19,20). The van der Waals surface area contributed by atoms with Crippen molar-refractivity contribution in [3.05, 3.63) is 58.7 Å². The Morgan fingerprint density at radius 2 is 1.90 bits per heavy atom. The second-order valence-corrected chi connectivity index (χ2v) is 5.50. The van der Waals surface area contributed by atoms with Crippen molar-refractivity contribution in [1.29, 1.82) is 0 Å². The molecule has 0 radical (unpaired) electrons. The van der Waals surface area contributed by atoms with Crippen LogP contribution in [0.15, 0.2) is 30.5 Å². The number of aromatic nitrogens is 3. The summed E-state index contributed by atoms with van der Waals surface area (Å²) in [6.45, 7) is 6.19. The molecule has 1 unspecified atom stereocenters. The molecule has 3 aromatic rings. The second kappa shape index (κ2) is 5.30. The number of hydrogen-bond donors (Lipinski definition) is 2. The fourth-order valence-corrected chi connectivity index (χ4v) is 2.50. The molecule has 0 saturated heterocycles. The maximum atomic E-state index is 10.4. The van der Waals surface area contributed by atoms with Crippen LogP contribution in [0.2, 0.25) is 0 Å². The summed E-state index contributed by atoms with van der Waals surface area (Å²) in [4.78, 5) is 12.1. The summed E-state index contributed by atoms with van der Waals surface area (Å²) >= 11 is 0. The molecule has 3 rings (SSSR count). The monoisotopic (exact) mass is 281 g/mol. The highest BCUT2D eigenvalue weighted by Gasteiger charge is 2.16. The first-order valence-corrected chi connectivity index (χ1v) is 7.10. The van der Waals surface area contributed by atoms with E-state index in [0.29, 0.717) is 12.2 Å². The number of H-pyrrole nitrogens is 1. The first kappa shape index (κ1) is 13.8. The van der Waals surface area contributed by atoms with Gasteiger partial charge in [0.2, 0.25) is 0 Å². The van der Waals surface area contributed by atoms with Crippen molar-refractivity contribution in [1.82, 2.24) is 15.0 Å². The summed E-state index contributed by atoms with van der Waals surface area (Å²) in [5.41, 5.74) is 6.29. The topological polar surface area (TPSA) is 61.8 Å². The van der Waals surface area contributed by atoms with E-state index in [2.05, 4.69) is 35.7 Å². The van der Waals surface area contributed by atoms with E-state index in [1.54, 1.807) is 0 Å². The Labute approximate surface area is 123 Å². The van der Waals surface area contributed by atoms with Gasteiger partial charge in [-0.25, -0.2) is 4.98 Å². The Bertz CT molecular complexity index is 759. The lowest BCUT2D eigenvalue weighted by Gasteiger charge is -2.12. The minimum atomic E-state index is -0.675. The van der Waals surface area contributed by atoms with Gasteiger partial charge in [-0.05, 0) is 49.6 Å². The Morgan fingerprint density at radius 1 is 1.14 bits per heavy atom. The van der Waals surface area contributed by atoms with Crippen molar-refractivity contribution in [3.63, 3.8) is 0 Å². The van der Waals surface area contributed by atoms with Crippen molar-refractivity contribution >= 4 is 11.0 Å². The van der Waals surface area contributed by atoms with E-state index in [-0.39, 0.29) is 0 Å². The summed E-state index contributed by atoms with van der Waals surface area (Å²) < 4.78 is 0. The van der Waals surface area contributed by atoms with Gasteiger partial charge in [0, 0.05) is 18.3 Å². The van der Waals surface area contributed by atoms with Crippen LogP contribution in [0.4, 0.5) is 0 Å². The van der Waals surface area contributed by atoms with Gasteiger partial charge in [0.15, 0.2) is 0 Å². The Balaban J connectivity index is 1.89. The van der Waals surface area contributed by atoms with Gasteiger partial charge < -0.3 is 10.1 Å². The summed E-state index contributed by atoms with van der Waals surface area (Å²) in [6.07, 6.45) is 1.65. The predicted octanol–water partition coefficient (Wildman–Crippen LogP) is 3.16. The molecular weight excluding hydrogens is 262 g/mol. The average molecular weight is 281 g/mol. The third kappa shape index (κ3) is 2.54. The maximum Gasteiger partial charge on any atom is 0.136 e. The zero-order chi connectivity index (χ0) is 15.0. The molecule has 0 amide bonds. The molecule has 21 heavy (non-hydrogen) atoms. The van der Waals surface area contributed by atoms with Crippen molar-refractivity contribution < 1.29 is 5.11 Å². The maximum absolute atomic E-state index is 10.4. The van der Waals surface area contributed by atoms with E-state index in [9.17, 15) is 5.11 Å². The molecule has 0 bridgehead atoms. The van der Waals surface area contributed by atoms with Crippen LogP contribution in [-0.4, -0.2) is 20.1 Å². The first-order valence-electron chi connectivity index (χ1n) is 7.10. The van der Waals surface area contributed by atoms with Crippen LogP contribution >= 0.6 is 0 Å². The van der Waals surface area contributed by atoms with Gasteiger partial charge >= 0.3 is 0 Å². The van der Waals surface area contributed by atoms with E-state index >= 15 is 0 Å². The number of benzene rings is 1. The van der Waals surface area contributed by atoms with Crippen LogP contribution in [0.3, 0.4) is 0 Å². The molecule has 0 saturated carbocycles. The quantitative estimate of drug-likeness (QED) is 0.775. The molecule has 4 nitrogen and oxygen atoms in total. The molecule has 108 valence electrons. The number of hydrogen-bond acceptors (Lipinski definition) is 3. The highest BCUT2D eigenvalue weighted by molar-refractivity contribution is 5.74. The van der Waals surface area contributed by atoms with Gasteiger partial charge in [0.25, 0.3) is 0 Å². The summed E-state index contributed by atoms with van der Waals surface area (Å²) in [5.74, 6) is 0.593. The summed E-state index contributed by atoms with van der Waals surface area (Å²) in [6, 6.07) is 7.78. The third-order valence-corrected chi connectivity index (χ3v) is 4.11. The van der Waals surface area contributed by atoms with Gasteiger partial charge in [0.1, 0.15) is 11.9 Å². The minimum absolute atomic E-state index is 0.465. The molecule has 0 fully saturated rings. The molecule has 0 aliphatic rings. The molecule has 2 heterocycles. The lowest BCUT2D eigenvalue weighted by Crippen LogP contribution is -2.08. The van der Waals surface area contributed by atoms with Gasteiger partial charge in [-0.15, -0.1) is 0 Å². The second-order valence-electron chi connectivity index (χ2n) is 5.50. The molecule has 1 atom stereocenters. The number of aliphatic hydroxyl groups excluding tert-OH is 1. The molecule has 0 spiro atoms. The Kier molecular flexibility index (Phi) is 3.47. The number of pyridine rings is 1. The minimum Gasteiger partial charge on any atom is -0.385 e. The lowest BCUT2D eigenvalue weighted by atomic mass is 10.0. The van der Waals surface area contributed by atoms with Crippen LogP contribution < -0.4 is 0 Å². The highest BCUT2D eigenvalue weighted by Crippen LogP contribution is 2.22. The van der Waals surface area contributed by atoms with Crippen molar-refractivity contribution in [2.45, 2.75) is 33.3 Å². The fourth-order valence-electron chi connectivity index (χ4n) is 2.50. The number of nitrogens with zero attached hydrogens (tertiary/aromatic N) is 2. The van der Waals surface area contributed by atoms with Crippen LogP contribution in [0.1, 0.15) is 34.3 Å². The van der Waals surface area contributed by atoms with Crippen LogP contribution in [0, 0.1) is 20.8 Å². The smallest absolute Gasteiger partial charge is 0.136 e. The number of aryl methyl sites for hydroxylation is 1. The number of para-hydroxylation sites is 2. The van der Waals surface area contributed by atoms with Crippen LogP contribution in [0.5, 0.6) is 0 Å². The number of imidazole rings is 1. The number of fused-ring (bicyclic) bond motifs is 1. The molecule has 4 heteroatoms. The zero-order valence-corrected chi connectivity index (χ0v) is 12.5. The zero-order valence-electron chi connectivity index (χ0n) is 12.5. The number of nitrogens with one attached hydrogen (secondary N) is 1. The summed E-state index contributed by atoms with van der Waals surface area (Å²) in [7, 11) is 0. The lowest BCUT2D eigenvalue weighted by molar-refractivity contribution is 0.168. The van der Waals surface area contributed by atoms with Crippen LogP contribution in [0.25, 0.3) is 11.0 Å². The molecule has 2 aromatic heterocycles. The van der Waals surface area contributed by atoms with Gasteiger partial charge in [0.05, 0.1) is 11.0 Å². The molecular formula is C17H19N3O. The van der Waals surface area contributed by atoms with Crippen molar-refractivity contribution in [2.75, 3.05) is 0 Å². The van der Waals surface area contributed by atoms with E-state index < -0.39 is 6.10 Å². The number of aromatic amines is 1. The Hall–Kier alpha value is -2.20. The highest BCUT2D eigenvalue weighted by atomic mass is 16.3. The summed E-state index contributed by atoms with van der Waals surface area (Å²) in [5, 5.41) is 10.4.